The number of fused-ring (bicyclic) bond motifs is 1. The second-order valence-corrected chi connectivity index (χ2v) is 6.49. The molecule has 1 aliphatic rings. The maximum absolute atomic E-state index is 5.39. The van der Waals surface area contributed by atoms with E-state index < -0.39 is 0 Å². The van der Waals surface area contributed by atoms with Crippen molar-refractivity contribution in [2.75, 3.05) is 18.0 Å². The second-order valence-electron chi connectivity index (χ2n) is 6.49. The summed E-state index contributed by atoms with van der Waals surface area (Å²) in [5.74, 6) is 1.44. The van der Waals surface area contributed by atoms with Crippen molar-refractivity contribution in [3.8, 4) is 0 Å². The molecule has 0 unspecified atom stereocenters. The van der Waals surface area contributed by atoms with Crippen molar-refractivity contribution >= 4 is 18.1 Å². The Hall–Kier alpha value is -1.59. The average Bonchev–Trinajstić information content (AvgIpc) is 2.82. The molecule has 0 saturated carbocycles. The summed E-state index contributed by atoms with van der Waals surface area (Å²) in [4.78, 5) is 6.85. The van der Waals surface area contributed by atoms with Gasteiger partial charge in [0.15, 0.2) is 5.82 Å². The second kappa shape index (κ2) is 6.67. The molecule has 0 fully saturated rings. The molecule has 0 saturated heterocycles. The van der Waals surface area contributed by atoms with Crippen molar-refractivity contribution in [3.63, 3.8) is 0 Å². The van der Waals surface area contributed by atoms with Crippen LogP contribution in [0.15, 0.2) is 28.8 Å². The number of para-hydroxylation sites is 1. The van der Waals surface area contributed by atoms with Crippen LogP contribution in [-0.2, 0) is 18.5 Å². The number of hydrogen-bond acceptors (Lipinski definition) is 5. The molecule has 1 aromatic carbocycles. The van der Waals surface area contributed by atoms with E-state index in [1.165, 1.54) is 11.3 Å². The van der Waals surface area contributed by atoms with Gasteiger partial charge >= 0.3 is 0 Å². The summed E-state index contributed by atoms with van der Waals surface area (Å²) in [6, 6.07) is 8.48. The first-order valence-corrected chi connectivity index (χ1v) is 7.41. The highest BCUT2D eigenvalue weighted by atomic mass is 35.5. The molecule has 0 bridgehead atoms. The predicted octanol–water partition coefficient (Wildman–Crippen LogP) is 2.90. The predicted molar refractivity (Wildman–Crippen MR) is 89.4 cm³/mol. The molecule has 1 aliphatic heterocycles. The molecule has 120 valence electrons. The van der Waals surface area contributed by atoms with E-state index in [0.717, 1.165) is 25.5 Å². The number of hydrogen-bond donors (Lipinski definition) is 1. The quantitative estimate of drug-likeness (QED) is 0.921. The molecule has 3 rings (SSSR count). The lowest BCUT2D eigenvalue weighted by molar-refractivity contribution is 0.318. The van der Waals surface area contributed by atoms with Crippen LogP contribution in [0.1, 0.15) is 38.0 Å². The Morgan fingerprint density at radius 3 is 2.77 bits per heavy atom. The zero-order valence-corrected chi connectivity index (χ0v) is 14.1. The Balaban J connectivity index is 0.00000176. The number of benzene rings is 1. The van der Waals surface area contributed by atoms with Crippen molar-refractivity contribution in [2.45, 2.75) is 39.3 Å². The minimum absolute atomic E-state index is 0. The van der Waals surface area contributed by atoms with E-state index in [0.29, 0.717) is 12.4 Å². The van der Waals surface area contributed by atoms with Gasteiger partial charge in [-0.25, -0.2) is 0 Å². The fraction of sp³-hybridized carbons (Fsp3) is 0.500. The summed E-state index contributed by atoms with van der Waals surface area (Å²) in [6.45, 7) is 9.72. The third kappa shape index (κ3) is 3.59. The van der Waals surface area contributed by atoms with Crippen LogP contribution in [0.5, 0.6) is 0 Å². The lowest BCUT2D eigenvalue weighted by atomic mass is 9.97. The van der Waals surface area contributed by atoms with Gasteiger partial charge in [-0.05, 0) is 11.6 Å². The normalized spacial score (nSPS) is 15.0. The van der Waals surface area contributed by atoms with Gasteiger partial charge in [-0.1, -0.05) is 44.1 Å². The van der Waals surface area contributed by atoms with Gasteiger partial charge < -0.3 is 14.7 Å². The maximum Gasteiger partial charge on any atom is 0.232 e. The van der Waals surface area contributed by atoms with Gasteiger partial charge in [0, 0.05) is 30.7 Å². The van der Waals surface area contributed by atoms with Gasteiger partial charge in [-0.15, -0.1) is 12.4 Å². The van der Waals surface area contributed by atoms with Gasteiger partial charge in [0.1, 0.15) is 0 Å². The summed E-state index contributed by atoms with van der Waals surface area (Å²) in [5.41, 5.74) is 2.46. The summed E-state index contributed by atoms with van der Waals surface area (Å²) >= 11 is 0. The summed E-state index contributed by atoms with van der Waals surface area (Å²) in [6.07, 6.45) is 0. The van der Waals surface area contributed by atoms with E-state index in [-0.39, 0.29) is 17.8 Å². The lowest BCUT2D eigenvalue weighted by Crippen LogP contribution is -2.28. The first-order chi connectivity index (χ1) is 10.0. The molecule has 5 nitrogen and oxygen atoms in total. The van der Waals surface area contributed by atoms with Crippen LogP contribution in [0.25, 0.3) is 0 Å². The van der Waals surface area contributed by atoms with Crippen LogP contribution < -0.4 is 10.2 Å². The standard InChI is InChI=1S/C16H22N4O.ClH/c1-16(2,3)15-18-14(19-21-15)11-20-9-8-17-10-12-6-4-5-7-13(12)20;/h4-7,17H,8-11H2,1-3H3;1H. The van der Waals surface area contributed by atoms with Crippen LogP contribution in [0.4, 0.5) is 5.69 Å². The van der Waals surface area contributed by atoms with Gasteiger partial charge in [0.2, 0.25) is 5.89 Å². The Kier molecular flexibility index (Phi) is 5.08. The maximum atomic E-state index is 5.39. The molecular formula is C16H23ClN4O. The van der Waals surface area contributed by atoms with Gasteiger partial charge in [-0.3, -0.25) is 0 Å². The SMILES string of the molecule is CC(C)(C)c1nc(CN2CCNCc3ccccc32)no1.Cl. The molecule has 22 heavy (non-hydrogen) atoms. The smallest absolute Gasteiger partial charge is 0.232 e. The lowest BCUT2D eigenvalue weighted by Gasteiger charge is -2.22. The topological polar surface area (TPSA) is 54.2 Å². The molecule has 1 aromatic heterocycles. The molecule has 6 heteroatoms. The van der Waals surface area contributed by atoms with Crippen molar-refractivity contribution in [2.24, 2.45) is 0 Å². The van der Waals surface area contributed by atoms with Crippen molar-refractivity contribution in [1.82, 2.24) is 15.5 Å². The van der Waals surface area contributed by atoms with Crippen LogP contribution in [0, 0.1) is 0 Å². The summed E-state index contributed by atoms with van der Waals surface area (Å²) < 4.78 is 5.39. The Labute approximate surface area is 137 Å². The number of halogens is 1. The fourth-order valence-corrected chi connectivity index (χ4v) is 2.48. The van der Waals surface area contributed by atoms with E-state index in [2.05, 4.69) is 65.4 Å². The third-order valence-corrected chi connectivity index (χ3v) is 3.65. The first-order valence-electron chi connectivity index (χ1n) is 7.41. The molecule has 2 aromatic rings. The number of nitrogens with zero attached hydrogens (tertiary/aromatic N) is 3. The third-order valence-electron chi connectivity index (χ3n) is 3.65. The molecule has 0 aliphatic carbocycles. The Morgan fingerprint density at radius 2 is 2.05 bits per heavy atom. The zero-order valence-electron chi connectivity index (χ0n) is 13.3. The molecule has 0 radical (unpaired) electrons. The average molecular weight is 323 g/mol. The van der Waals surface area contributed by atoms with Gasteiger partial charge in [0.25, 0.3) is 0 Å². The number of rotatable bonds is 2. The van der Waals surface area contributed by atoms with Crippen molar-refractivity contribution in [3.05, 3.63) is 41.5 Å². The molecular weight excluding hydrogens is 300 g/mol. The summed E-state index contributed by atoms with van der Waals surface area (Å²) in [5, 5.41) is 7.57. The van der Waals surface area contributed by atoms with Crippen LogP contribution in [0.3, 0.4) is 0 Å². The first kappa shape index (κ1) is 16.8. The number of nitrogens with one attached hydrogen (secondary N) is 1. The minimum atomic E-state index is -0.108. The highest BCUT2D eigenvalue weighted by Crippen LogP contribution is 2.24. The van der Waals surface area contributed by atoms with Crippen molar-refractivity contribution in [1.29, 1.82) is 0 Å². The Bertz CT molecular complexity index is 621. The van der Waals surface area contributed by atoms with E-state index in [1.807, 2.05) is 0 Å². The highest BCUT2D eigenvalue weighted by molar-refractivity contribution is 5.85. The highest BCUT2D eigenvalue weighted by Gasteiger charge is 2.23. The Morgan fingerprint density at radius 1 is 1.27 bits per heavy atom. The number of aromatic nitrogens is 2. The van der Waals surface area contributed by atoms with E-state index in [4.69, 9.17) is 4.52 Å². The van der Waals surface area contributed by atoms with Gasteiger partial charge in [0.05, 0.1) is 6.54 Å². The summed E-state index contributed by atoms with van der Waals surface area (Å²) in [7, 11) is 0. The fourth-order valence-electron chi connectivity index (χ4n) is 2.48. The molecule has 2 heterocycles. The molecule has 0 spiro atoms. The van der Waals surface area contributed by atoms with Crippen LogP contribution >= 0.6 is 12.4 Å². The minimum Gasteiger partial charge on any atom is -0.362 e. The molecule has 0 atom stereocenters. The molecule has 1 N–H and O–H groups in total. The molecule has 0 amide bonds. The largest absolute Gasteiger partial charge is 0.362 e. The van der Waals surface area contributed by atoms with Crippen molar-refractivity contribution < 1.29 is 4.52 Å². The van der Waals surface area contributed by atoms with E-state index in [1.54, 1.807) is 0 Å². The van der Waals surface area contributed by atoms with E-state index in [9.17, 15) is 0 Å². The monoisotopic (exact) mass is 322 g/mol. The number of anilines is 1. The van der Waals surface area contributed by atoms with Crippen LogP contribution in [0.2, 0.25) is 0 Å². The van der Waals surface area contributed by atoms with Gasteiger partial charge in [-0.2, -0.15) is 4.98 Å². The van der Waals surface area contributed by atoms with E-state index >= 15 is 0 Å². The van der Waals surface area contributed by atoms with Crippen LogP contribution in [-0.4, -0.2) is 23.2 Å². The zero-order chi connectivity index (χ0) is 14.9.